The van der Waals surface area contributed by atoms with Crippen molar-refractivity contribution in [1.82, 2.24) is 14.4 Å². The number of nitrogens with zero attached hydrogens (tertiary/aromatic N) is 3. The second kappa shape index (κ2) is 12.7. The van der Waals surface area contributed by atoms with Crippen molar-refractivity contribution in [3.63, 3.8) is 0 Å². The lowest BCUT2D eigenvalue weighted by Gasteiger charge is -2.37. The molecule has 3 aromatic rings. The lowest BCUT2D eigenvalue weighted by Crippen LogP contribution is -2.49. The normalized spacial score (nSPS) is 14.8. The van der Waals surface area contributed by atoms with E-state index < -0.39 is 5.82 Å². The fraction of sp³-hybridized carbons (Fsp3) is 0.419. The van der Waals surface area contributed by atoms with Crippen molar-refractivity contribution in [2.75, 3.05) is 6.54 Å². The molecule has 1 aliphatic rings. The Morgan fingerprint density at radius 1 is 1.00 bits per heavy atom. The van der Waals surface area contributed by atoms with Crippen LogP contribution < -0.4 is 0 Å². The van der Waals surface area contributed by atoms with Gasteiger partial charge in [0.2, 0.25) is 5.91 Å². The summed E-state index contributed by atoms with van der Waals surface area (Å²) in [5, 5.41) is 0. The molecule has 0 saturated heterocycles. The average Bonchev–Trinajstić information content (AvgIpc) is 3.36. The molecule has 5 nitrogen and oxygen atoms in total. The van der Waals surface area contributed by atoms with Gasteiger partial charge < -0.3 is 14.4 Å². The number of carbonyl (C=O) groups is 2. The van der Waals surface area contributed by atoms with Crippen LogP contribution in [0.25, 0.3) is 0 Å². The van der Waals surface area contributed by atoms with E-state index >= 15 is 0 Å². The van der Waals surface area contributed by atoms with Gasteiger partial charge in [0.05, 0.1) is 6.54 Å². The maximum absolute atomic E-state index is 13.9. The van der Waals surface area contributed by atoms with E-state index in [-0.39, 0.29) is 36.0 Å². The summed E-state index contributed by atoms with van der Waals surface area (Å²) in [4.78, 5) is 30.9. The van der Waals surface area contributed by atoms with Crippen molar-refractivity contribution in [1.29, 1.82) is 0 Å². The summed E-state index contributed by atoms with van der Waals surface area (Å²) in [6.45, 7) is 5.18. The minimum Gasteiger partial charge on any atom is -0.345 e. The van der Waals surface area contributed by atoms with E-state index in [2.05, 4.69) is 29.0 Å². The molecular formula is C31H38FN3O2. The number of hydrogen-bond donors (Lipinski definition) is 0. The van der Waals surface area contributed by atoms with Crippen LogP contribution in [0.5, 0.6) is 0 Å². The van der Waals surface area contributed by atoms with Crippen molar-refractivity contribution in [3.8, 4) is 0 Å². The van der Waals surface area contributed by atoms with E-state index in [1.807, 2.05) is 43.0 Å². The van der Waals surface area contributed by atoms with Crippen LogP contribution >= 0.6 is 0 Å². The molecule has 2 aromatic carbocycles. The van der Waals surface area contributed by atoms with E-state index in [0.29, 0.717) is 13.0 Å². The Morgan fingerprint density at radius 3 is 2.46 bits per heavy atom. The summed E-state index contributed by atoms with van der Waals surface area (Å²) >= 11 is 0. The molecule has 1 unspecified atom stereocenters. The topological polar surface area (TPSA) is 45.6 Å². The summed E-state index contributed by atoms with van der Waals surface area (Å²) in [6, 6.07) is 20.1. The molecule has 37 heavy (non-hydrogen) atoms. The Bertz CT molecular complexity index is 1170. The first-order valence-corrected chi connectivity index (χ1v) is 13.5. The molecule has 6 heteroatoms. The van der Waals surface area contributed by atoms with Gasteiger partial charge in [0.25, 0.3) is 5.91 Å². The largest absolute Gasteiger partial charge is 0.345 e. The molecule has 0 bridgehead atoms. The minimum absolute atomic E-state index is 0.0136. The first-order chi connectivity index (χ1) is 18.0. The van der Waals surface area contributed by atoms with Crippen LogP contribution in [-0.2, 0) is 17.9 Å². The second-order valence-corrected chi connectivity index (χ2v) is 10.1. The smallest absolute Gasteiger partial charge is 0.254 e. The van der Waals surface area contributed by atoms with Gasteiger partial charge in [0, 0.05) is 36.1 Å². The number of carbonyl (C=O) groups excluding carboxylic acids is 2. The molecule has 196 valence electrons. The van der Waals surface area contributed by atoms with Crippen LogP contribution in [0.3, 0.4) is 0 Å². The number of benzene rings is 2. The van der Waals surface area contributed by atoms with Gasteiger partial charge in [-0.1, -0.05) is 62.6 Å². The van der Waals surface area contributed by atoms with Gasteiger partial charge in [-0.2, -0.15) is 0 Å². The van der Waals surface area contributed by atoms with E-state index in [4.69, 9.17) is 0 Å². The molecule has 1 fully saturated rings. The molecule has 2 amide bonds. The molecule has 4 rings (SSSR count). The highest BCUT2D eigenvalue weighted by Crippen LogP contribution is 2.25. The van der Waals surface area contributed by atoms with Crippen LogP contribution in [0.4, 0.5) is 4.39 Å². The predicted octanol–water partition coefficient (Wildman–Crippen LogP) is 6.28. The Kier molecular flexibility index (Phi) is 9.15. The Hall–Kier alpha value is -3.41. The summed E-state index contributed by atoms with van der Waals surface area (Å²) in [5.74, 6) is -0.813. The van der Waals surface area contributed by atoms with Gasteiger partial charge in [-0.3, -0.25) is 9.59 Å². The molecule has 1 saturated carbocycles. The van der Waals surface area contributed by atoms with Crippen LogP contribution in [0, 0.1) is 5.82 Å². The standard InChI is InChI=1S/C31H38FN3O2/c1-3-24(2)34(31(37)26-14-10-15-27(32)20-26)23-30(36)35(28-16-8-5-9-17-28)22-29-18-11-19-33(29)21-25-12-6-4-7-13-25/h4,6-7,10-15,18-20,24,28H,3,5,8-9,16-17,21-23H2,1-2H3. The number of amides is 2. The zero-order valence-corrected chi connectivity index (χ0v) is 22.0. The quantitative estimate of drug-likeness (QED) is 0.327. The number of rotatable bonds is 10. The first kappa shape index (κ1) is 26.6. The zero-order valence-electron chi connectivity index (χ0n) is 22.0. The molecule has 1 aromatic heterocycles. The van der Waals surface area contributed by atoms with Crippen molar-refractivity contribution < 1.29 is 14.0 Å². The molecule has 1 aliphatic carbocycles. The average molecular weight is 504 g/mol. The zero-order chi connectivity index (χ0) is 26.2. The third kappa shape index (κ3) is 6.88. The fourth-order valence-corrected chi connectivity index (χ4v) is 5.19. The molecule has 1 heterocycles. The SMILES string of the molecule is CCC(C)N(CC(=O)N(Cc1cccn1Cc1ccccc1)C1CCCCC1)C(=O)c1cccc(F)c1. The highest BCUT2D eigenvalue weighted by molar-refractivity contribution is 5.96. The predicted molar refractivity (Wildman–Crippen MR) is 145 cm³/mol. The van der Waals surface area contributed by atoms with Crippen LogP contribution in [-0.4, -0.2) is 44.8 Å². The third-order valence-corrected chi connectivity index (χ3v) is 7.55. The molecular weight excluding hydrogens is 465 g/mol. The Balaban J connectivity index is 1.57. The molecule has 0 radical (unpaired) electrons. The van der Waals surface area contributed by atoms with Crippen LogP contribution in [0.2, 0.25) is 0 Å². The van der Waals surface area contributed by atoms with Crippen molar-refractivity contribution in [3.05, 3.63) is 95.6 Å². The number of aromatic nitrogens is 1. The van der Waals surface area contributed by atoms with E-state index in [9.17, 15) is 14.0 Å². The summed E-state index contributed by atoms with van der Waals surface area (Å²) in [6.07, 6.45) is 8.13. The Morgan fingerprint density at radius 2 is 1.76 bits per heavy atom. The minimum atomic E-state index is -0.454. The Labute approximate surface area is 219 Å². The van der Waals surface area contributed by atoms with Gasteiger partial charge in [0.15, 0.2) is 0 Å². The lowest BCUT2D eigenvalue weighted by atomic mass is 9.94. The highest BCUT2D eigenvalue weighted by Gasteiger charge is 2.30. The maximum atomic E-state index is 13.9. The second-order valence-electron chi connectivity index (χ2n) is 10.1. The molecule has 0 N–H and O–H groups in total. The maximum Gasteiger partial charge on any atom is 0.254 e. The summed E-state index contributed by atoms with van der Waals surface area (Å²) < 4.78 is 16.1. The monoisotopic (exact) mass is 503 g/mol. The van der Waals surface area contributed by atoms with Crippen molar-refractivity contribution in [2.24, 2.45) is 0 Å². The van der Waals surface area contributed by atoms with Gasteiger partial charge in [-0.05, 0) is 62.1 Å². The van der Waals surface area contributed by atoms with Gasteiger partial charge in [0.1, 0.15) is 12.4 Å². The molecule has 0 aliphatic heterocycles. The van der Waals surface area contributed by atoms with E-state index in [0.717, 1.165) is 37.9 Å². The van der Waals surface area contributed by atoms with Crippen LogP contribution in [0.1, 0.15) is 74.0 Å². The summed E-state index contributed by atoms with van der Waals surface area (Å²) in [7, 11) is 0. The van der Waals surface area contributed by atoms with E-state index in [1.165, 1.54) is 30.2 Å². The fourth-order valence-electron chi connectivity index (χ4n) is 5.19. The van der Waals surface area contributed by atoms with E-state index in [1.54, 1.807) is 11.0 Å². The van der Waals surface area contributed by atoms with Gasteiger partial charge >= 0.3 is 0 Å². The highest BCUT2D eigenvalue weighted by atomic mass is 19.1. The van der Waals surface area contributed by atoms with Gasteiger partial charge in [-0.25, -0.2) is 4.39 Å². The lowest BCUT2D eigenvalue weighted by molar-refractivity contribution is -0.136. The molecule has 1 atom stereocenters. The van der Waals surface area contributed by atoms with Crippen molar-refractivity contribution >= 4 is 11.8 Å². The van der Waals surface area contributed by atoms with Crippen molar-refractivity contribution in [2.45, 2.75) is 77.5 Å². The molecule has 0 spiro atoms. The number of hydrogen-bond acceptors (Lipinski definition) is 2. The van der Waals surface area contributed by atoms with Crippen LogP contribution in [0.15, 0.2) is 72.9 Å². The van der Waals surface area contributed by atoms with Gasteiger partial charge in [-0.15, -0.1) is 0 Å². The third-order valence-electron chi connectivity index (χ3n) is 7.55. The number of halogens is 1. The first-order valence-electron chi connectivity index (χ1n) is 13.5. The summed E-state index contributed by atoms with van der Waals surface area (Å²) in [5.41, 5.74) is 2.56.